The van der Waals surface area contributed by atoms with Crippen LogP contribution in [0.2, 0.25) is 0 Å². The normalized spacial score (nSPS) is 11.6. The summed E-state index contributed by atoms with van der Waals surface area (Å²) in [6.07, 6.45) is 0. The van der Waals surface area contributed by atoms with Crippen molar-refractivity contribution in [2.24, 2.45) is 5.73 Å². The average molecular weight is 264 g/mol. The molecule has 2 N–H and O–H groups in total. The second-order valence-electron chi connectivity index (χ2n) is 5.04. The van der Waals surface area contributed by atoms with E-state index in [2.05, 4.69) is 10.1 Å². The van der Waals surface area contributed by atoms with Gasteiger partial charge in [0.05, 0.1) is 17.8 Å². The highest BCUT2D eigenvalue weighted by atomic mass is 19.1. The number of halogens is 1. The molecule has 0 aliphatic rings. The van der Waals surface area contributed by atoms with Crippen molar-refractivity contribution >= 4 is 5.69 Å². The number of hydrogen-bond donors (Lipinski definition) is 1. The van der Waals surface area contributed by atoms with Crippen LogP contribution in [0.25, 0.3) is 0 Å². The third-order valence-electron chi connectivity index (χ3n) is 2.68. The summed E-state index contributed by atoms with van der Waals surface area (Å²) in [7, 11) is 1.76. The number of rotatable bonds is 4. The first-order valence-corrected chi connectivity index (χ1v) is 5.95. The summed E-state index contributed by atoms with van der Waals surface area (Å²) < 4.78 is 18.7. The minimum absolute atomic E-state index is 0.288. The van der Waals surface area contributed by atoms with E-state index in [-0.39, 0.29) is 5.82 Å². The fraction of sp³-hybridized carbons (Fsp3) is 0.385. The van der Waals surface area contributed by atoms with Gasteiger partial charge in [0.25, 0.3) is 0 Å². The third kappa shape index (κ3) is 3.08. The molecule has 6 heteroatoms. The molecule has 0 saturated heterocycles. The summed E-state index contributed by atoms with van der Waals surface area (Å²) in [6.45, 7) is 3.91. The van der Waals surface area contributed by atoms with Gasteiger partial charge >= 0.3 is 0 Å². The summed E-state index contributed by atoms with van der Waals surface area (Å²) in [5.74, 6) is 0.549. The van der Waals surface area contributed by atoms with Gasteiger partial charge in [-0.15, -0.1) is 0 Å². The number of para-hydroxylation sites is 1. The molecule has 0 bridgehead atoms. The van der Waals surface area contributed by atoms with Crippen molar-refractivity contribution in [3.63, 3.8) is 0 Å². The second kappa shape index (κ2) is 4.97. The second-order valence-corrected chi connectivity index (χ2v) is 5.04. The summed E-state index contributed by atoms with van der Waals surface area (Å²) >= 11 is 0. The van der Waals surface area contributed by atoms with Gasteiger partial charge in [0.1, 0.15) is 5.82 Å². The Bertz CT molecular complexity index is 562. The fourth-order valence-electron chi connectivity index (χ4n) is 1.63. The average Bonchev–Trinajstić information content (AvgIpc) is 2.77. The van der Waals surface area contributed by atoms with Gasteiger partial charge in [-0.25, -0.2) is 4.39 Å². The third-order valence-corrected chi connectivity index (χ3v) is 2.68. The van der Waals surface area contributed by atoms with E-state index >= 15 is 0 Å². The van der Waals surface area contributed by atoms with Crippen LogP contribution >= 0.6 is 0 Å². The van der Waals surface area contributed by atoms with Gasteiger partial charge in [-0.2, -0.15) is 4.98 Å². The number of anilines is 1. The molecule has 0 spiro atoms. The largest absolute Gasteiger partial charge is 0.363 e. The molecule has 102 valence electrons. The van der Waals surface area contributed by atoms with Gasteiger partial charge in [0, 0.05) is 7.05 Å². The van der Waals surface area contributed by atoms with E-state index in [0.29, 0.717) is 23.9 Å². The zero-order valence-corrected chi connectivity index (χ0v) is 11.2. The molecule has 19 heavy (non-hydrogen) atoms. The van der Waals surface area contributed by atoms with E-state index in [0.717, 1.165) is 0 Å². The highest BCUT2D eigenvalue weighted by Crippen LogP contribution is 2.19. The molecule has 1 heterocycles. The van der Waals surface area contributed by atoms with Crippen molar-refractivity contribution < 1.29 is 8.91 Å². The fourth-order valence-corrected chi connectivity index (χ4v) is 1.63. The van der Waals surface area contributed by atoms with Crippen LogP contribution in [0.1, 0.15) is 25.6 Å². The predicted octanol–water partition coefficient (Wildman–Crippen LogP) is 2.04. The number of benzene rings is 1. The first kappa shape index (κ1) is 13.5. The van der Waals surface area contributed by atoms with Gasteiger partial charge in [-0.05, 0) is 26.0 Å². The van der Waals surface area contributed by atoms with E-state index < -0.39 is 5.54 Å². The lowest BCUT2D eigenvalue weighted by molar-refractivity contribution is 0.360. The van der Waals surface area contributed by atoms with E-state index in [1.165, 1.54) is 6.07 Å². The van der Waals surface area contributed by atoms with Gasteiger partial charge < -0.3 is 15.2 Å². The van der Waals surface area contributed by atoms with Crippen molar-refractivity contribution in [2.75, 3.05) is 11.9 Å². The zero-order valence-electron chi connectivity index (χ0n) is 11.2. The minimum atomic E-state index is -0.654. The standard InChI is InChI=1S/C13H17FN4O/c1-13(2,15)12-16-11(19-17-12)8-18(3)10-7-5-4-6-9(10)14/h4-7H,8,15H2,1-3H3. The molecule has 0 fully saturated rings. The van der Waals surface area contributed by atoms with Crippen LogP contribution < -0.4 is 10.6 Å². The molecule has 0 amide bonds. The Kier molecular flexibility index (Phi) is 3.53. The molecular formula is C13H17FN4O. The van der Waals surface area contributed by atoms with Crippen LogP contribution in [-0.2, 0) is 12.1 Å². The molecule has 0 atom stereocenters. The molecule has 1 aromatic carbocycles. The Morgan fingerprint density at radius 3 is 2.63 bits per heavy atom. The van der Waals surface area contributed by atoms with Crippen molar-refractivity contribution in [1.29, 1.82) is 0 Å². The zero-order chi connectivity index (χ0) is 14.0. The van der Waals surface area contributed by atoms with Crippen LogP contribution in [0, 0.1) is 5.82 Å². The van der Waals surface area contributed by atoms with E-state index in [4.69, 9.17) is 10.3 Å². The Balaban J connectivity index is 2.14. The van der Waals surface area contributed by atoms with Crippen LogP contribution in [0.15, 0.2) is 28.8 Å². The molecule has 5 nitrogen and oxygen atoms in total. The van der Waals surface area contributed by atoms with Crippen molar-refractivity contribution in [2.45, 2.75) is 25.9 Å². The maximum atomic E-state index is 13.6. The van der Waals surface area contributed by atoms with Crippen molar-refractivity contribution in [1.82, 2.24) is 10.1 Å². The van der Waals surface area contributed by atoms with Crippen molar-refractivity contribution in [3.05, 3.63) is 41.8 Å². The summed E-state index contributed by atoms with van der Waals surface area (Å²) in [5, 5.41) is 3.83. The molecular weight excluding hydrogens is 247 g/mol. The van der Waals surface area contributed by atoms with Crippen LogP contribution in [0.4, 0.5) is 10.1 Å². The van der Waals surface area contributed by atoms with E-state index in [1.807, 2.05) is 0 Å². The number of nitrogens with zero attached hydrogens (tertiary/aromatic N) is 3. The molecule has 0 aliphatic heterocycles. The van der Waals surface area contributed by atoms with Gasteiger partial charge in [-0.3, -0.25) is 0 Å². The number of nitrogens with two attached hydrogens (primary N) is 1. The quantitative estimate of drug-likeness (QED) is 0.915. The molecule has 0 saturated carbocycles. The van der Waals surface area contributed by atoms with Crippen LogP contribution in [-0.4, -0.2) is 17.2 Å². The smallest absolute Gasteiger partial charge is 0.246 e. The maximum absolute atomic E-state index is 13.6. The topological polar surface area (TPSA) is 68.2 Å². The Hall–Kier alpha value is -1.95. The van der Waals surface area contributed by atoms with Gasteiger partial charge in [0.2, 0.25) is 5.89 Å². The van der Waals surface area contributed by atoms with E-state index in [1.54, 1.807) is 44.0 Å². The molecule has 2 rings (SSSR count). The molecule has 0 radical (unpaired) electrons. The highest BCUT2D eigenvalue weighted by Gasteiger charge is 2.22. The lowest BCUT2D eigenvalue weighted by atomic mass is 10.1. The molecule has 0 aliphatic carbocycles. The summed E-state index contributed by atoms with van der Waals surface area (Å²) in [4.78, 5) is 5.91. The number of aromatic nitrogens is 2. The molecule has 0 unspecified atom stereocenters. The first-order chi connectivity index (χ1) is 8.88. The lowest BCUT2D eigenvalue weighted by Crippen LogP contribution is -2.30. The van der Waals surface area contributed by atoms with Crippen LogP contribution in [0.5, 0.6) is 0 Å². The SMILES string of the molecule is CN(Cc1nc(C(C)(C)N)no1)c1ccccc1F. The Morgan fingerprint density at radius 1 is 1.37 bits per heavy atom. The summed E-state index contributed by atoms with van der Waals surface area (Å²) in [6, 6.07) is 6.53. The highest BCUT2D eigenvalue weighted by molar-refractivity contribution is 5.46. The molecule has 2 aromatic rings. The summed E-state index contributed by atoms with van der Waals surface area (Å²) in [5.41, 5.74) is 5.70. The maximum Gasteiger partial charge on any atom is 0.246 e. The monoisotopic (exact) mass is 264 g/mol. The van der Waals surface area contributed by atoms with Gasteiger partial charge in [0.15, 0.2) is 5.82 Å². The predicted molar refractivity (Wildman–Crippen MR) is 70.0 cm³/mol. The van der Waals surface area contributed by atoms with E-state index in [9.17, 15) is 4.39 Å². The Morgan fingerprint density at radius 2 is 2.05 bits per heavy atom. The van der Waals surface area contributed by atoms with Crippen molar-refractivity contribution in [3.8, 4) is 0 Å². The Labute approximate surface area is 111 Å². The minimum Gasteiger partial charge on any atom is -0.363 e. The van der Waals surface area contributed by atoms with Gasteiger partial charge in [-0.1, -0.05) is 17.3 Å². The molecule has 1 aromatic heterocycles. The van der Waals surface area contributed by atoms with Crippen LogP contribution in [0.3, 0.4) is 0 Å². The first-order valence-electron chi connectivity index (χ1n) is 5.95. The lowest BCUT2D eigenvalue weighted by Gasteiger charge is -2.17. The number of hydrogen-bond acceptors (Lipinski definition) is 5.